The minimum absolute atomic E-state index is 0.0318. The molecule has 3 N–H and O–H groups in total. The highest BCUT2D eigenvalue weighted by Gasteiger charge is 2.06. The van der Waals surface area contributed by atoms with Gasteiger partial charge in [-0.3, -0.25) is 4.79 Å². The zero-order valence-corrected chi connectivity index (χ0v) is 10.7. The zero-order chi connectivity index (χ0) is 12.8. The lowest BCUT2D eigenvalue weighted by atomic mass is 10.0. The Balaban J connectivity index is 2.69. The molecule has 0 aliphatic carbocycles. The normalized spacial score (nSPS) is 10.1. The molecule has 0 spiro atoms. The Bertz CT molecular complexity index is 403. The summed E-state index contributed by atoms with van der Waals surface area (Å²) in [5, 5.41) is 2.75. The minimum atomic E-state index is -0.132. The van der Waals surface area contributed by atoms with E-state index in [0.29, 0.717) is 6.54 Å². The van der Waals surface area contributed by atoms with Crippen LogP contribution < -0.4 is 15.8 Å². The first-order valence-electron chi connectivity index (χ1n) is 5.69. The lowest BCUT2D eigenvalue weighted by Gasteiger charge is -2.12. The van der Waals surface area contributed by atoms with Crippen LogP contribution in [0.5, 0.6) is 5.75 Å². The fourth-order valence-electron chi connectivity index (χ4n) is 1.64. The molecule has 0 aromatic heterocycles. The number of carbonyl (C=O) groups is 1. The molecule has 0 bridgehead atoms. The predicted molar refractivity (Wildman–Crippen MR) is 68.2 cm³/mol. The average molecular weight is 236 g/mol. The number of rotatable bonds is 5. The van der Waals surface area contributed by atoms with Gasteiger partial charge in [0.2, 0.25) is 5.91 Å². The molecule has 0 heterocycles. The van der Waals surface area contributed by atoms with E-state index in [1.54, 1.807) is 7.11 Å². The van der Waals surface area contributed by atoms with E-state index in [-0.39, 0.29) is 12.5 Å². The number of nitrogens with one attached hydrogen (secondary N) is 1. The maximum Gasteiger partial charge on any atom is 0.233 e. The molecule has 0 saturated heterocycles. The first kappa shape index (κ1) is 13.5. The van der Waals surface area contributed by atoms with Crippen molar-refractivity contribution in [2.75, 3.05) is 20.2 Å². The summed E-state index contributed by atoms with van der Waals surface area (Å²) in [6, 6.07) is 4.12. The van der Waals surface area contributed by atoms with Crippen LogP contribution in [-0.2, 0) is 11.2 Å². The molecule has 1 aromatic rings. The standard InChI is InChI=1S/C13H20N2O2/c1-9-6-11(4-5-15-13(16)8-14)12(17-3)7-10(9)2/h6-7H,4-5,8,14H2,1-3H3,(H,15,16). The highest BCUT2D eigenvalue weighted by atomic mass is 16.5. The number of hydrogen-bond acceptors (Lipinski definition) is 3. The molecule has 0 atom stereocenters. The summed E-state index contributed by atoms with van der Waals surface area (Å²) in [5.74, 6) is 0.739. The Labute approximate surface area is 102 Å². The van der Waals surface area contributed by atoms with Crippen LogP contribution in [0.15, 0.2) is 12.1 Å². The second kappa shape index (κ2) is 6.25. The van der Waals surface area contributed by atoms with Crippen molar-refractivity contribution in [3.8, 4) is 5.75 Å². The van der Waals surface area contributed by atoms with Crippen molar-refractivity contribution in [1.29, 1.82) is 0 Å². The minimum Gasteiger partial charge on any atom is -0.496 e. The molecule has 4 nitrogen and oxygen atoms in total. The number of carbonyl (C=O) groups excluding carboxylic acids is 1. The maximum absolute atomic E-state index is 11.0. The lowest BCUT2D eigenvalue weighted by Crippen LogP contribution is -2.31. The van der Waals surface area contributed by atoms with E-state index in [4.69, 9.17) is 10.5 Å². The van der Waals surface area contributed by atoms with Gasteiger partial charge in [0.15, 0.2) is 0 Å². The smallest absolute Gasteiger partial charge is 0.233 e. The first-order chi connectivity index (χ1) is 8.08. The molecule has 17 heavy (non-hydrogen) atoms. The summed E-state index contributed by atoms with van der Waals surface area (Å²) in [6.45, 7) is 4.73. The Hall–Kier alpha value is -1.55. The Morgan fingerprint density at radius 2 is 2.00 bits per heavy atom. The van der Waals surface area contributed by atoms with Crippen LogP contribution in [-0.4, -0.2) is 26.1 Å². The molecule has 1 aromatic carbocycles. The molecule has 0 radical (unpaired) electrons. The summed E-state index contributed by atoms with van der Waals surface area (Å²) in [5.41, 5.74) is 8.75. The molecule has 4 heteroatoms. The average Bonchev–Trinajstić information content (AvgIpc) is 2.32. The van der Waals surface area contributed by atoms with Crippen molar-refractivity contribution in [2.45, 2.75) is 20.3 Å². The molecule has 94 valence electrons. The van der Waals surface area contributed by atoms with Crippen molar-refractivity contribution in [3.63, 3.8) is 0 Å². The van der Waals surface area contributed by atoms with Gasteiger partial charge in [0.25, 0.3) is 0 Å². The molecule has 0 aliphatic heterocycles. The molecule has 0 saturated carbocycles. The lowest BCUT2D eigenvalue weighted by molar-refractivity contribution is -0.119. The Morgan fingerprint density at radius 3 is 2.59 bits per heavy atom. The third-order valence-corrected chi connectivity index (χ3v) is 2.80. The van der Waals surface area contributed by atoms with Crippen LogP contribution in [0.2, 0.25) is 0 Å². The molecule has 1 amide bonds. The summed E-state index contributed by atoms with van der Waals surface area (Å²) in [7, 11) is 1.66. The summed E-state index contributed by atoms with van der Waals surface area (Å²) in [6.07, 6.45) is 0.746. The van der Waals surface area contributed by atoms with Crippen molar-refractivity contribution in [1.82, 2.24) is 5.32 Å². The Kier molecular flexibility index (Phi) is 4.97. The van der Waals surface area contributed by atoms with E-state index < -0.39 is 0 Å². The van der Waals surface area contributed by atoms with E-state index in [0.717, 1.165) is 17.7 Å². The number of amides is 1. The third kappa shape index (κ3) is 3.75. The summed E-state index contributed by atoms with van der Waals surface area (Å²) >= 11 is 0. The zero-order valence-electron chi connectivity index (χ0n) is 10.7. The second-order valence-electron chi connectivity index (χ2n) is 4.05. The maximum atomic E-state index is 11.0. The van der Waals surface area contributed by atoms with E-state index >= 15 is 0 Å². The van der Waals surface area contributed by atoms with Crippen molar-refractivity contribution in [3.05, 3.63) is 28.8 Å². The van der Waals surface area contributed by atoms with E-state index in [1.807, 2.05) is 6.07 Å². The van der Waals surface area contributed by atoms with Gasteiger partial charge < -0.3 is 15.8 Å². The van der Waals surface area contributed by atoms with Crippen LogP contribution in [0, 0.1) is 13.8 Å². The topological polar surface area (TPSA) is 64.3 Å². The van der Waals surface area contributed by atoms with Gasteiger partial charge in [-0.15, -0.1) is 0 Å². The van der Waals surface area contributed by atoms with Gasteiger partial charge in [0.1, 0.15) is 5.75 Å². The first-order valence-corrected chi connectivity index (χ1v) is 5.69. The van der Waals surface area contributed by atoms with Crippen molar-refractivity contribution >= 4 is 5.91 Å². The van der Waals surface area contributed by atoms with Gasteiger partial charge in [0, 0.05) is 6.54 Å². The Morgan fingerprint density at radius 1 is 1.35 bits per heavy atom. The summed E-state index contributed by atoms with van der Waals surface area (Å²) in [4.78, 5) is 11.0. The molecule has 0 unspecified atom stereocenters. The quantitative estimate of drug-likeness (QED) is 0.799. The number of ether oxygens (including phenoxy) is 1. The number of hydrogen-bond donors (Lipinski definition) is 2. The third-order valence-electron chi connectivity index (χ3n) is 2.80. The second-order valence-corrected chi connectivity index (χ2v) is 4.05. The van der Waals surface area contributed by atoms with Crippen molar-refractivity contribution < 1.29 is 9.53 Å². The van der Waals surface area contributed by atoms with E-state index in [2.05, 4.69) is 25.2 Å². The van der Waals surface area contributed by atoms with Crippen LogP contribution in [0.1, 0.15) is 16.7 Å². The van der Waals surface area contributed by atoms with Gasteiger partial charge in [-0.05, 0) is 43.0 Å². The summed E-state index contributed by atoms with van der Waals surface area (Å²) < 4.78 is 5.33. The molecule has 1 rings (SSSR count). The largest absolute Gasteiger partial charge is 0.496 e. The van der Waals surface area contributed by atoms with Crippen LogP contribution in [0.25, 0.3) is 0 Å². The van der Waals surface area contributed by atoms with E-state index in [1.165, 1.54) is 11.1 Å². The fraction of sp³-hybridized carbons (Fsp3) is 0.462. The fourth-order valence-corrected chi connectivity index (χ4v) is 1.64. The van der Waals surface area contributed by atoms with Crippen LogP contribution >= 0.6 is 0 Å². The molecular weight excluding hydrogens is 216 g/mol. The monoisotopic (exact) mass is 236 g/mol. The van der Waals surface area contributed by atoms with Gasteiger partial charge in [-0.2, -0.15) is 0 Å². The van der Waals surface area contributed by atoms with Gasteiger partial charge in [-0.1, -0.05) is 6.07 Å². The molecule has 0 fully saturated rings. The molecule has 0 aliphatic rings. The highest BCUT2D eigenvalue weighted by Crippen LogP contribution is 2.23. The molecular formula is C13H20N2O2. The SMILES string of the molecule is COc1cc(C)c(C)cc1CCNC(=O)CN. The highest BCUT2D eigenvalue weighted by molar-refractivity contribution is 5.77. The number of aryl methyl sites for hydroxylation is 2. The van der Waals surface area contributed by atoms with Crippen LogP contribution in [0.3, 0.4) is 0 Å². The van der Waals surface area contributed by atoms with Crippen molar-refractivity contribution in [2.24, 2.45) is 5.73 Å². The number of nitrogens with two attached hydrogens (primary N) is 1. The van der Waals surface area contributed by atoms with Gasteiger partial charge in [0.05, 0.1) is 13.7 Å². The number of benzene rings is 1. The van der Waals surface area contributed by atoms with Gasteiger partial charge >= 0.3 is 0 Å². The predicted octanol–water partition coefficient (Wildman–Crippen LogP) is 0.929. The van der Waals surface area contributed by atoms with E-state index in [9.17, 15) is 4.79 Å². The number of methoxy groups -OCH3 is 1. The van der Waals surface area contributed by atoms with Crippen LogP contribution in [0.4, 0.5) is 0 Å². The van der Waals surface area contributed by atoms with Gasteiger partial charge in [-0.25, -0.2) is 0 Å².